The van der Waals surface area contributed by atoms with E-state index in [1.165, 1.54) is 0 Å². The Balaban J connectivity index is 2.44. The summed E-state index contributed by atoms with van der Waals surface area (Å²) in [5, 5.41) is 10.5. The minimum Gasteiger partial charge on any atom is -0.478 e. The number of rotatable bonds is 1. The molecule has 4 heteroatoms. The van der Waals surface area contributed by atoms with Gasteiger partial charge in [-0.25, -0.2) is 10.6 Å². The molecule has 1 aromatic carbocycles. The standard InChI is InChI=1S/C10H12N2O2/c11-12-5-1-2-7-6-8(10(13)14)3-4-9(7)12/h3-4,6H,1-2,5,11H2,(H,13,14). The van der Waals surface area contributed by atoms with Gasteiger partial charge in [-0.15, -0.1) is 0 Å². The average molecular weight is 192 g/mol. The molecule has 0 bridgehead atoms. The second kappa shape index (κ2) is 3.31. The summed E-state index contributed by atoms with van der Waals surface area (Å²) in [5.41, 5.74) is 2.30. The van der Waals surface area contributed by atoms with E-state index in [-0.39, 0.29) is 0 Å². The van der Waals surface area contributed by atoms with Crippen LogP contribution in [-0.2, 0) is 6.42 Å². The van der Waals surface area contributed by atoms with Crippen LogP contribution in [0.4, 0.5) is 5.69 Å². The molecule has 74 valence electrons. The molecule has 0 spiro atoms. The van der Waals surface area contributed by atoms with Crippen molar-refractivity contribution in [1.82, 2.24) is 0 Å². The lowest BCUT2D eigenvalue weighted by atomic mass is 10.0. The first kappa shape index (κ1) is 9.02. The maximum Gasteiger partial charge on any atom is 0.335 e. The zero-order chi connectivity index (χ0) is 10.1. The average Bonchev–Trinajstić information content (AvgIpc) is 2.17. The zero-order valence-electron chi connectivity index (χ0n) is 7.73. The summed E-state index contributed by atoms with van der Waals surface area (Å²) in [4.78, 5) is 10.7. The number of hydrogen-bond acceptors (Lipinski definition) is 3. The van der Waals surface area contributed by atoms with Crippen LogP contribution in [0.3, 0.4) is 0 Å². The normalized spacial score (nSPS) is 15.1. The molecule has 0 saturated heterocycles. The molecule has 1 heterocycles. The van der Waals surface area contributed by atoms with Crippen molar-refractivity contribution in [3.05, 3.63) is 29.3 Å². The Morgan fingerprint density at radius 1 is 1.50 bits per heavy atom. The van der Waals surface area contributed by atoms with Gasteiger partial charge < -0.3 is 10.1 Å². The molecule has 0 aromatic heterocycles. The van der Waals surface area contributed by atoms with Gasteiger partial charge in [0.05, 0.1) is 11.3 Å². The SMILES string of the molecule is NN1CCCc2cc(C(=O)O)ccc21. The number of aryl methyl sites for hydroxylation is 1. The third-order valence-corrected chi connectivity index (χ3v) is 2.48. The quantitative estimate of drug-likeness (QED) is 0.652. The Kier molecular flexibility index (Phi) is 2.13. The Bertz CT molecular complexity index is 376. The van der Waals surface area contributed by atoms with Crippen molar-refractivity contribution in [2.24, 2.45) is 5.84 Å². The van der Waals surface area contributed by atoms with Gasteiger partial charge in [-0.1, -0.05) is 0 Å². The highest BCUT2D eigenvalue weighted by atomic mass is 16.4. The second-order valence-corrected chi connectivity index (χ2v) is 3.45. The highest BCUT2D eigenvalue weighted by molar-refractivity contribution is 5.88. The maximum absolute atomic E-state index is 10.7. The number of benzene rings is 1. The second-order valence-electron chi connectivity index (χ2n) is 3.45. The van der Waals surface area contributed by atoms with E-state index in [9.17, 15) is 4.79 Å². The van der Waals surface area contributed by atoms with Crippen molar-refractivity contribution in [2.45, 2.75) is 12.8 Å². The van der Waals surface area contributed by atoms with Crippen LogP contribution in [0.25, 0.3) is 0 Å². The molecule has 0 fully saturated rings. The van der Waals surface area contributed by atoms with E-state index < -0.39 is 5.97 Å². The molecule has 1 aliphatic rings. The summed E-state index contributed by atoms with van der Waals surface area (Å²) in [6, 6.07) is 5.07. The third kappa shape index (κ3) is 1.44. The van der Waals surface area contributed by atoms with Crippen molar-refractivity contribution in [3.63, 3.8) is 0 Å². The molecule has 0 radical (unpaired) electrons. The summed E-state index contributed by atoms with van der Waals surface area (Å²) in [6.45, 7) is 0.833. The number of carboxylic acid groups (broad SMARTS) is 1. The van der Waals surface area contributed by atoms with Crippen LogP contribution in [0.1, 0.15) is 22.3 Å². The number of carbonyl (C=O) groups is 1. The zero-order valence-corrected chi connectivity index (χ0v) is 7.73. The van der Waals surface area contributed by atoms with Crippen molar-refractivity contribution in [2.75, 3.05) is 11.6 Å². The van der Waals surface area contributed by atoms with Crippen LogP contribution in [0, 0.1) is 0 Å². The maximum atomic E-state index is 10.7. The number of hydrogen-bond donors (Lipinski definition) is 2. The van der Waals surface area contributed by atoms with E-state index in [0.29, 0.717) is 5.56 Å². The molecule has 2 rings (SSSR count). The van der Waals surface area contributed by atoms with Crippen LogP contribution in [0.2, 0.25) is 0 Å². The van der Waals surface area contributed by atoms with E-state index >= 15 is 0 Å². The van der Waals surface area contributed by atoms with Crippen LogP contribution >= 0.6 is 0 Å². The molecule has 0 unspecified atom stereocenters. The molecule has 1 aliphatic heterocycles. The summed E-state index contributed by atoms with van der Waals surface area (Å²) in [6.07, 6.45) is 1.89. The number of fused-ring (bicyclic) bond motifs is 1. The summed E-state index contributed by atoms with van der Waals surface area (Å²) < 4.78 is 0. The van der Waals surface area contributed by atoms with Gasteiger partial charge in [-0.2, -0.15) is 0 Å². The summed E-state index contributed by atoms with van der Waals surface area (Å²) in [5.74, 6) is 4.87. The fourth-order valence-corrected chi connectivity index (χ4v) is 1.76. The van der Waals surface area contributed by atoms with Gasteiger partial charge >= 0.3 is 5.97 Å². The molecule has 4 nitrogen and oxygen atoms in total. The first-order valence-corrected chi connectivity index (χ1v) is 4.57. The lowest BCUT2D eigenvalue weighted by molar-refractivity contribution is 0.0697. The molecular weight excluding hydrogens is 180 g/mol. The number of hydrazine groups is 1. The van der Waals surface area contributed by atoms with E-state index in [2.05, 4.69) is 0 Å². The van der Waals surface area contributed by atoms with E-state index in [1.54, 1.807) is 23.2 Å². The molecular formula is C10H12N2O2. The molecule has 0 atom stereocenters. The Morgan fingerprint density at radius 3 is 3.00 bits per heavy atom. The third-order valence-electron chi connectivity index (χ3n) is 2.48. The molecule has 14 heavy (non-hydrogen) atoms. The molecule has 3 N–H and O–H groups in total. The predicted octanol–water partition coefficient (Wildman–Crippen LogP) is 1.01. The lowest BCUT2D eigenvalue weighted by Gasteiger charge is -2.26. The van der Waals surface area contributed by atoms with Gasteiger partial charge in [-0.3, -0.25) is 0 Å². The monoisotopic (exact) mass is 192 g/mol. The first-order valence-electron chi connectivity index (χ1n) is 4.57. The summed E-state index contributed by atoms with van der Waals surface area (Å²) >= 11 is 0. The Morgan fingerprint density at radius 2 is 2.29 bits per heavy atom. The van der Waals surface area contributed by atoms with Crippen molar-refractivity contribution in [1.29, 1.82) is 0 Å². The fourth-order valence-electron chi connectivity index (χ4n) is 1.76. The van der Waals surface area contributed by atoms with Crippen molar-refractivity contribution < 1.29 is 9.90 Å². The van der Waals surface area contributed by atoms with Gasteiger partial charge in [0, 0.05) is 6.54 Å². The highest BCUT2D eigenvalue weighted by Gasteiger charge is 2.15. The van der Waals surface area contributed by atoms with E-state index in [1.807, 2.05) is 0 Å². The minimum atomic E-state index is -0.887. The predicted molar refractivity (Wildman–Crippen MR) is 53.3 cm³/mol. The molecule has 0 aliphatic carbocycles. The highest BCUT2D eigenvalue weighted by Crippen LogP contribution is 2.25. The molecule has 0 saturated carbocycles. The fraction of sp³-hybridized carbons (Fsp3) is 0.300. The number of nitrogens with two attached hydrogens (primary N) is 1. The topological polar surface area (TPSA) is 66.6 Å². The van der Waals surface area contributed by atoms with Gasteiger partial charge in [0.15, 0.2) is 0 Å². The Hall–Kier alpha value is -1.55. The van der Waals surface area contributed by atoms with Crippen LogP contribution in [0.5, 0.6) is 0 Å². The molecule has 1 aromatic rings. The van der Waals surface area contributed by atoms with E-state index in [4.69, 9.17) is 10.9 Å². The molecule has 0 amide bonds. The lowest BCUT2D eigenvalue weighted by Crippen LogP contribution is -2.35. The van der Waals surface area contributed by atoms with Crippen LogP contribution in [-0.4, -0.2) is 17.6 Å². The van der Waals surface area contributed by atoms with Gasteiger partial charge in [0.1, 0.15) is 0 Å². The van der Waals surface area contributed by atoms with Crippen LogP contribution < -0.4 is 10.9 Å². The van der Waals surface area contributed by atoms with Gasteiger partial charge in [0.25, 0.3) is 0 Å². The van der Waals surface area contributed by atoms with Crippen LogP contribution in [0.15, 0.2) is 18.2 Å². The summed E-state index contributed by atoms with van der Waals surface area (Å²) in [7, 11) is 0. The van der Waals surface area contributed by atoms with Crippen molar-refractivity contribution in [3.8, 4) is 0 Å². The van der Waals surface area contributed by atoms with Gasteiger partial charge in [0.2, 0.25) is 0 Å². The smallest absolute Gasteiger partial charge is 0.335 e. The minimum absolute atomic E-state index is 0.332. The Labute approximate surface area is 81.9 Å². The number of nitrogens with zero attached hydrogens (tertiary/aromatic N) is 1. The number of anilines is 1. The van der Waals surface area contributed by atoms with E-state index in [0.717, 1.165) is 30.6 Å². The van der Waals surface area contributed by atoms with Crippen molar-refractivity contribution >= 4 is 11.7 Å². The number of aromatic carboxylic acids is 1. The number of carboxylic acids is 1. The first-order chi connectivity index (χ1) is 6.68. The largest absolute Gasteiger partial charge is 0.478 e. The van der Waals surface area contributed by atoms with Gasteiger partial charge in [-0.05, 0) is 36.6 Å².